The molecule has 1 N–H and O–H groups in total. The first-order chi connectivity index (χ1) is 21.6. The molecule has 0 atom stereocenters. The Balaban J connectivity index is 1.26. The van der Waals surface area contributed by atoms with Crippen molar-refractivity contribution in [1.29, 1.82) is 0 Å². The lowest BCUT2D eigenvalue weighted by atomic mass is 9.99. The molecule has 5 heteroatoms. The molecular weight excluding hydrogens is 542 g/mol. The van der Waals surface area contributed by atoms with Gasteiger partial charge in [0.1, 0.15) is 28.6 Å². The van der Waals surface area contributed by atoms with Crippen molar-refractivity contribution in [3.8, 4) is 28.1 Å². The lowest BCUT2D eigenvalue weighted by molar-refractivity contribution is 0.478. The number of pyridine rings is 2. The maximum absolute atomic E-state index is 11.1. The number of furan rings is 1. The Labute approximate surface area is 254 Å². The summed E-state index contributed by atoms with van der Waals surface area (Å²) in [6.07, 6.45) is 1.81. The second-order valence-corrected chi connectivity index (χ2v) is 10.9. The summed E-state index contributed by atoms with van der Waals surface area (Å²) in [5.41, 5.74) is 6.90. The third-order valence-electron chi connectivity index (χ3n) is 8.13. The summed E-state index contributed by atoms with van der Waals surface area (Å²) in [7, 11) is 0. The van der Waals surface area contributed by atoms with Crippen molar-refractivity contribution < 1.29 is 9.52 Å². The minimum Gasteiger partial charge on any atom is -0.507 e. The molecule has 0 fully saturated rings. The van der Waals surface area contributed by atoms with E-state index < -0.39 is 0 Å². The van der Waals surface area contributed by atoms with E-state index in [2.05, 4.69) is 66.4 Å². The normalized spacial score (nSPS) is 11.4. The average Bonchev–Trinajstić information content (AvgIpc) is 3.43. The van der Waals surface area contributed by atoms with Gasteiger partial charge in [-0.15, -0.1) is 0 Å². The number of para-hydroxylation sites is 1. The molecule has 0 aliphatic rings. The van der Waals surface area contributed by atoms with Gasteiger partial charge in [0.05, 0.1) is 11.4 Å². The van der Waals surface area contributed by atoms with E-state index in [0.717, 1.165) is 72.4 Å². The number of nitrogens with zero attached hydrogens (tertiary/aromatic N) is 3. The zero-order valence-corrected chi connectivity index (χ0v) is 24.0. The molecule has 0 aliphatic carbocycles. The van der Waals surface area contributed by atoms with Crippen LogP contribution in [0.2, 0.25) is 0 Å². The van der Waals surface area contributed by atoms with Crippen LogP contribution in [0.3, 0.4) is 0 Å². The number of phenols is 1. The van der Waals surface area contributed by atoms with E-state index >= 15 is 0 Å². The third kappa shape index (κ3) is 4.34. The summed E-state index contributed by atoms with van der Waals surface area (Å²) in [6.45, 7) is 2.07. The second kappa shape index (κ2) is 10.4. The molecule has 0 radical (unpaired) electrons. The van der Waals surface area contributed by atoms with Crippen LogP contribution in [0.4, 0.5) is 17.3 Å². The minimum atomic E-state index is 0.205. The van der Waals surface area contributed by atoms with E-state index in [4.69, 9.17) is 14.4 Å². The maximum Gasteiger partial charge on any atom is 0.142 e. The molecule has 5 nitrogen and oxygen atoms in total. The molecule has 0 bridgehead atoms. The highest BCUT2D eigenvalue weighted by atomic mass is 16.3. The van der Waals surface area contributed by atoms with Gasteiger partial charge in [-0.25, -0.2) is 9.97 Å². The highest BCUT2D eigenvalue weighted by Gasteiger charge is 2.20. The van der Waals surface area contributed by atoms with Gasteiger partial charge in [-0.1, -0.05) is 84.9 Å². The Bertz CT molecular complexity index is 2320. The number of hydrogen-bond acceptors (Lipinski definition) is 5. The molecule has 0 unspecified atom stereocenters. The summed E-state index contributed by atoms with van der Waals surface area (Å²) in [5, 5.41) is 15.3. The number of aryl methyl sites for hydroxylation is 1. The van der Waals surface area contributed by atoms with E-state index in [-0.39, 0.29) is 5.75 Å². The van der Waals surface area contributed by atoms with E-state index in [1.807, 2.05) is 72.8 Å². The highest BCUT2D eigenvalue weighted by Crippen LogP contribution is 2.41. The molecule has 44 heavy (non-hydrogen) atoms. The van der Waals surface area contributed by atoms with Crippen LogP contribution in [0.1, 0.15) is 5.56 Å². The van der Waals surface area contributed by atoms with Crippen molar-refractivity contribution in [1.82, 2.24) is 9.97 Å². The number of rotatable bonds is 5. The molecule has 5 aromatic carbocycles. The monoisotopic (exact) mass is 569 g/mol. The van der Waals surface area contributed by atoms with Crippen LogP contribution in [0.15, 0.2) is 144 Å². The van der Waals surface area contributed by atoms with Crippen LogP contribution in [-0.4, -0.2) is 15.1 Å². The zero-order valence-electron chi connectivity index (χ0n) is 24.0. The molecule has 0 aliphatic heterocycles. The zero-order chi connectivity index (χ0) is 29.6. The SMILES string of the molecule is Cc1ccc(-c2cccc(-c3cc4oc5ccccc5c4cc3O)c2)nc1N(c1ccccn1)c1cccc2ccccc12. The van der Waals surface area contributed by atoms with E-state index in [9.17, 15) is 5.11 Å². The van der Waals surface area contributed by atoms with Gasteiger partial charge in [0.15, 0.2) is 0 Å². The van der Waals surface area contributed by atoms with Crippen LogP contribution in [0, 0.1) is 6.92 Å². The van der Waals surface area contributed by atoms with Gasteiger partial charge in [0, 0.05) is 33.5 Å². The number of fused-ring (bicyclic) bond motifs is 4. The first kappa shape index (κ1) is 25.7. The van der Waals surface area contributed by atoms with Crippen molar-refractivity contribution in [3.63, 3.8) is 0 Å². The van der Waals surface area contributed by atoms with Crippen LogP contribution < -0.4 is 4.90 Å². The first-order valence-electron chi connectivity index (χ1n) is 14.6. The van der Waals surface area contributed by atoms with E-state index in [1.54, 1.807) is 12.3 Å². The Morgan fingerprint density at radius 3 is 2.30 bits per heavy atom. The molecule has 0 spiro atoms. The van der Waals surface area contributed by atoms with Crippen LogP contribution in [-0.2, 0) is 0 Å². The van der Waals surface area contributed by atoms with Crippen LogP contribution in [0.25, 0.3) is 55.1 Å². The fraction of sp³-hybridized carbons (Fsp3) is 0.0256. The molecule has 3 heterocycles. The molecule has 0 amide bonds. The summed E-state index contributed by atoms with van der Waals surface area (Å²) in [6, 6.07) is 44.4. The van der Waals surface area contributed by atoms with Gasteiger partial charge in [0.25, 0.3) is 0 Å². The predicted molar refractivity (Wildman–Crippen MR) is 179 cm³/mol. The summed E-state index contributed by atoms with van der Waals surface area (Å²) < 4.78 is 6.12. The Hall–Kier alpha value is -5.94. The van der Waals surface area contributed by atoms with Crippen molar-refractivity contribution >= 4 is 50.0 Å². The smallest absolute Gasteiger partial charge is 0.142 e. The van der Waals surface area contributed by atoms with Crippen molar-refractivity contribution in [3.05, 3.63) is 145 Å². The van der Waals surface area contributed by atoms with Gasteiger partial charge in [-0.05, 0) is 72.0 Å². The molecule has 210 valence electrons. The second-order valence-electron chi connectivity index (χ2n) is 10.9. The maximum atomic E-state index is 11.1. The van der Waals surface area contributed by atoms with Gasteiger partial charge in [-0.3, -0.25) is 4.90 Å². The van der Waals surface area contributed by atoms with E-state index in [1.165, 1.54) is 0 Å². The topological polar surface area (TPSA) is 62.4 Å². The van der Waals surface area contributed by atoms with Crippen LogP contribution in [0.5, 0.6) is 5.75 Å². The van der Waals surface area contributed by atoms with Crippen molar-refractivity contribution in [2.24, 2.45) is 0 Å². The first-order valence-corrected chi connectivity index (χ1v) is 14.6. The average molecular weight is 570 g/mol. The van der Waals surface area contributed by atoms with Crippen molar-refractivity contribution in [2.45, 2.75) is 6.92 Å². The number of anilines is 3. The lowest BCUT2D eigenvalue weighted by Gasteiger charge is -2.26. The molecular formula is C39H27N3O2. The lowest BCUT2D eigenvalue weighted by Crippen LogP contribution is -2.15. The van der Waals surface area contributed by atoms with Gasteiger partial charge in [0.2, 0.25) is 0 Å². The number of phenolic OH excluding ortho intramolecular Hbond substituents is 1. The number of hydrogen-bond donors (Lipinski definition) is 1. The van der Waals surface area contributed by atoms with Gasteiger partial charge in [-0.2, -0.15) is 0 Å². The fourth-order valence-corrected chi connectivity index (χ4v) is 5.98. The number of aromatic hydroxyl groups is 1. The highest BCUT2D eigenvalue weighted by molar-refractivity contribution is 6.07. The van der Waals surface area contributed by atoms with Crippen LogP contribution >= 0.6 is 0 Å². The Morgan fingerprint density at radius 1 is 0.636 bits per heavy atom. The Morgan fingerprint density at radius 2 is 1.41 bits per heavy atom. The largest absolute Gasteiger partial charge is 0.507 e. The summed E-state index contributed by atoms with van der Waals surface area (Å²) in [5.74, 6) is 1.79. The van der Waals surface area contributed by atoms with Gasteiger partial charge < -0.3 is 9.52 Å². The quantitative estimate of drug-likeness (QED) is 0.223. The fourth-order valence-electron chi connectivity index (χ4n) is 5.98. The van der Waals surface area contributed by atoms with E-state index in [0.29, 0.717) is 5.56 Å². The molecule has 3 aromatic heterocycles. The predicted octanol–water partition coefficient (Wildman–Crippen LogP) is 10.3. The van der Waals surface area contributed by atoms with Crippen molar-refractivity contribution in [2.75, 3.05) is 4.90 Å². The summed E-state index contributed by atoms with van der Waals surface area (Å²) >= 11 is 0. The third-order valence-corrected chi connectivity index (χ3v) is 8.13. The number of benzene rings is 5. The standard InChI is InChI=1S/C39H27N3O2/c1-25-19-20-33(41-39(25)42(38-18-6-7-21-40-38)34-16-9-11-26-10-2-3-14-29(26)34)28-13-8-12-27(22-28)31-24-37-32(23-35(31)43)30-15-4-5-17-36(30)44-37/h2-24,43H,1H3. The molecule has 8 aromatic rings. The minimum absolute atomic E-state index is 0.205. The summed E-state index contributed by atoms with van der Waals surface area (Å²) in [4.78, 5) is 12.1. The molecule has 0 saturated heterocycles. The number of aromatic nitrogens is 2. The molecule has 0 saturated carbocycles. The van der Waals surface area contributed by atoms with Gasteiger partial charge >= 0.3 is 0 Å². The Kier molecular flexibility index (Phi) is 6.09. The molecule has 8 rings (SSSR count).